The zero-order valence-corrected chi connectivity index (χ0v) is 16.1. The Morgan fingerprint density at radius 1 is 1.25 bits per heavy atom. The van der Waals surface area contributed by atoms with Crippen LogP contribution in [0.3, 0.4) is 0 Å². The molecule has 28 heavy (non-hydrogen) atoms. The first-order valence-electron chi connectivity index (χ1n) is 8.59. The van der Waals surface area contributed by atoms with Crippen LogP contribution < -0.4 is 5.56 Å². The minimum absolute atomic E-state index is 0.00984. The third kappa shape index (κ3) is 3.91. The quantitative estimate of drug-likeness (QED) is 0.718. The van der Waals surface area contributed by atoms with Gasteiger partial charge in [-0.3, -0.25) is 9.59 Å². The highest BCUT2D eigenvalue weighted by atomic mass is 32.2. The SMILES string of the molecule is Cc1cc(C(=O)Cn2cc(C(F)(F)F)ccc2=O)c(C)n1C1CCS(=O)(=O)C1. The maximum Gasteiger partial charge on any atom is 0.417 e. The summed E-state index contributed by atoms with van der Waals surface area (Å²) in [7, 11) is -3.12. The lowest BCUT2D eigenvalue weighted by Gasteiger charge is -2.16. The number of hydrogen-bond donors (Lipinski definition) is 0. The second-order valence-corrected chi connectivity index (χ2v) is 9.25. The lowest BCUT2D eigenvalue weighted by atomic mass is 10.1. The van der Waals surface area contributed by atoms with E-state index in [2.05, 4.69) is 0 Å². The molecule has 1 saturated heterocycles. The maximum absolute atomic E-state index is 12.9. The molecular formula is C18H19F3N2O4S. The summed E-state index contributed by atoms with van der Waals surface area (Å²) in [6, 6.07) is 2.77. The van der Waals surface area contributed by atoms with Gasteiger partial charge >= 0.3 is 6.18 Å². The van der Waals surface area contributed by atoms with Gasteiger partial charge in [0.2, 0.25) is 0 Å². The van der Waals surface area contributed by atoms with E-state index >= 15 is 0 Å². The van der Waals surface area contributed by atoms with Crippen LogP contribution in [0.1, 0.15) is 39.8 Å². The monoisotopic (exact) mass is 416 g/mol. The zero-order chi connectivity index (χ0) is 20.9. The molecule has 0 spiro atoms. The molecule has 0 bridgehead atoms. The second-order valence-electron chi connectivity index (χ2n) is 7.02. The summed E-state index contributed by atoms with van der Waals surface area (Å²) in [5.41, 5.74) is -0.214. The van der Waals surface area contributed by atoms with Gasteiger partial charge in [0.1, 0.15) is 0 Å². The second kappa shape index (κ2) is 6.91. The van der Waals surface area contributed by atoms with Crippen molar-refractivity contribution < 1.29 is 26.4 Å². The molecule has 1 unspecified atom stereocenters. The van der Waals surface area contributed by atoms with Crippen molar-refractivity contribution in [3.63, 3.8) is 0 Å². The fraction of sp³-hybridized carbons (Fsp3) is 0.444. The van der Waals surface area contributed by atoms with Gasteiger partial charge in [-0.25, -0.2) is 8.42 Å². The van der Waals surface area contributed by atoms with Crippen molar-refractivity contribution in [2.45, 2.75) is 39.0 Å². The van der Waals surface area contributed by atoms with E-state index in [9.17, 15) is 31.2 Å². The van der Waals surface area contributed by atoms with Gasteiger partial charge in [0.05, 0.1) is 23.6 Å². The zero-order valence-electron chi connectivity index (χ0n) is 15.3. The molecule has 3 rings (SSSR count). The van der Waals surface area contributed by atoms with E-state index in [1.54, 1.807) is 24.5 Å². The number of ketones is 1. The van der Waals surface area contributed by atoms with E-state index in [-0.39, 0.29) is 23.1 Å². The molecule has 1 atom stereocenters. The van der Waals surface area contributed by atoms with E-state index in [0.29, 0.717) is 30.1 Å². The molecule has 10 heteroatoms. The number of sulfone groups is 1. The molecule has 1 fully saturated rings. The summed E-state index contributed by atoms with van der Waals surface area (Å²) in [5, 5.41) is 0. The number of Topliss-reactive ketones (excluding diaryl/α,β-unsaturated/α-hetero) is 1. The summed E-state index contributed by atoms with van der Waals surface area (Å²) in [5.74, 6) is -0.441. The van der Waals surface area contributed by atoms with Crippen molar-refractivity contribution in [1.29, 1.82) is 0 Å². The van der Waals surface area contributed by atoms with Crippen LogP contribution in [0, 0.1) is 13.8 Å². The third-order valence-electron chi connectivity index (χ3n) is 4.98. The van der Waals surface area contributed by atoms with Crippen molar-refractivity contribution in [3.8, 4) is 0 Å². The summed E-state index contributed by atoms with van der Waals surface area (Å²) in [6.07, 6.45) is -3.55. The number of alkyl halides is 3. The van der Waals surface area contributed by atoms with Crippen molar-refractivity contribution in [2.24, 2.45) is 0 Å². The Bertz CT molecular complexity index is 1100. The number of carbonyl (C=O) groups is 1. The number of carbonyl (C=O) groups excluding carboxylic acids is 1. The van der Waals surface area contributed by atoms with Crippen LogP contribution in [0.4, 0.5) is 13.2 Å². The predicted molar refractivity (Wildman–Crippen MR) is 96.2 cm³/mol. The Hall–Kier alpha value is -2.36. The van der Waals surface area contributed by atoms with Gasteiger partial charge < -0.3 is 9.13 Å². The standard InChI is InChI=1S/C18H19F3N2O4S/c1-11-7-15(12(2)23(11)14-5-6-28(26,27)10-14)16(24)9-22-8-13(18(19,20)21)3-4-17(22)25/h3-4,7-8,14H,5-6,9-10H2,1-2H3. The Morgan fingerprint density at radius 3 is 2.50 bits per heavy atom. The topological polar surface area (TPSA) is 78.1 Å². The highest BCUT2D eigenvalue weighted by Gasteiger charge is 2.33. The van der Waals surface area contributed by atoms with Crippen molar-refractivity contribution in [2.75, 3.05) is 11.5 Å². The maximum atomic E-state index is 12.9. The number of hydrogen-bond acceptors (Lipinski definition) is 4. The highest BCUT2D eigenvalue weighted by Crippen LogP contribution is 2.30. The molecule has 1 aliphatic heterocycles. The van der Waals surface area contributed by atoms with Gasteiger partial charge in [0.15, 0.2) is 15.6 Å². The van der Waals surface area contributed by atoms with Gasteiger partial charge in [-0.15, -0.1) is 0 Å². The van der Waals surface area contributed by atoms with Crippen LogP contribution in [0.2, 0.25) is 0 Å². The average Bonchev–Trinajstić information content (AvgIpc) is 3.07. The Morgan fingerprint density at radius 2 is 1.93 bits per heavy atom. The molecule has 0 saturated carbocycles. The number of aromatic nitrogens is 2. The molecule has 3 heterocycles. The largest absolute Gasteiger partial charge is 0.417 e. The summed E-state index contributed by atoms with van der Waals surface area (Å²) >= 11 is 0. The molecule has 0 N–H and O–H groups in total. The third-order valence-corrected chi connectivity index (χ3v) is 6.73. The summed E-state index contributed by atoms with van der Waals surface area (Å²) < 4.78 is 64.6. The Kier molecular flexibility index (Phi) is 5.03. The highest BCUT2D eigenvalue weighted by molar-refractivity contribution is 7.91. The molecule has 0 aromatic carbocycles. The molecule has 6 nitrogen and oxygen atoms in total. The van der Waals surface area contributed by atoms with Crippen LogP contribution in [0.25, 0.3) is 0 Å². The van der Waals surface area contributed by atoms with Crippen LogP contribution in [0.5, 0.6) is 0 Å². The van der Waals surface area contributed by atoms with E-state index in [1.807, 2.05) is 0 Å². The normalized spacial score (nSPS) is 19.1. The molecule has 0 amide bonds. The van der Waals surface area contributed by atoms with E-state index in [0.717, 1.165) is 10.6 Å². The molecule has 2 aromatic heterocycles. The van der Waals surface area contributed by atoms with Crippen molar-refractivity contribution in [1.82, 2.24) is 9.13 Å². The summed E-state index contributed by atoms with van der Waals surface area (Å²) in [6.45, 7) is 2.88. The van der Waals surface area contributed by atoms with Gasteiger partial charge in [-0.05, 0) is 32.4 Å². The Labute approximate surface area is 159 Å². The summed E-state index contributed by atoms with van der Waals surface area (Å²) in [4.78, 5) is 24.6. The lowest BCUT2D eigenvalue weighted by Crippen LogP contribution is -2.25. The van der Waals surface area contributed by atoms with Crippen molar-refractivity contribution >= 4 is 15.6 Å². The van der Waals surface area contributed by atoms with Gasteiger partial charge in [-0.1, -0.05) is 0 Å². The minimum Gasteiger partial charge on any atom is -0.344 e. The van der Waals surface area contributed by atoms with Crippen LogP contribution in [0.15, 0.2) is 29.2 Å². The molecule has 0 aliphatic carbocycles. The number of rotatable bonds is 4. The minimum atomic E-state index is -4.62. The average molecular weight is 416 g/mol. The molecule has 0 radical (unpaired) electrons. The van der Waals surface area contributed by atoms with E-state index in [1.165, 1.54) is 0 Å². The lowest BCUT2D eigenvalue weighted by molar-refractivity contribution is -0.138. The fourth-order valence-electron chi connectivity index (χ4n) is 3.66. The molecule has 1 aliphatic rings. The predicted octanol–water partition coefficient (Wildman–Crippen LogP) is 2.53. The van der Waals surface area contributed by atoms with Crippen LogP contribution in [-0.4, -0.2) is 34.8 Å². The van der Waals surface area contributed by atoms with E-state index < -0.39 is 39.5 Å². The first kappa shape index (κ1) is 20.4. The molecule has 2 aromatic rings. The smallest absolute Gasteiger partial charge is 0.344 e. The van der Waals surface area contributed by atoms with Crippen LogP contribution >= 0.6 is 0 Å². The number of nitrogens with zero attached hydrogens (tertiary/aromatic N) is 2. The number of pyridine rings is 1. The Balaban J connectivity index is 1.91. The molecular weight excluding hydrogens is 397 g/mol. The first-order chi connectivity index (χ1) is 12.9. The first-order valence-corrected chi connectivity index (χ1v) is 10.4. The van der Waals surface area contributed by atoms with Gasteiger partial charge in [0.25, 0.3) is 5.56 Å². The van der Waals surface area contributed by atoms with Crippen molar-refractivity contribution in [3.05, 3.63) is 57.3 Å². The van der Waals surface area contributed by atoms with Gasteiger partial charge in [0, 0.05) is 35.3 Å². The van der Waals surface area contributed by atoms with Gasteiger partial charge in [-0.2, -0.15) is 13.2 Å². The number of aryl methyl sites for hydroxylation is 1. The molecule has 152 valence electrons. The fourth-order valence-corrected chi connectivity index (χ4v) is 5.36. The van der Waals surface area contributed by atoms with Crippen LogP contribution in [-0.2, 0) is 22.6 Å². The number of halogens is 3. The van der Waals surface area contributed by atoms with E-state index in [4.69, 9.17) is 0 Å².